The molecular formula is C15H24O2. The van der Waals surface area contributed by atoms with Crippen molar-refractivity contribution in [3.05, 3.63) is 34.4 Å². The van der Waals surface area contributed by atoms with E-state index in [1.807, 2.05) is 20.8 Å². The highest BCUT2D eigenvalue weighted by molar-refractivity contribution is 5.40. The Labute approximate surface area is 105 Å². The van der Waals surface area contributed by atoms with Crippen molar-refractivity contribution in [2.45, 2.75) is 40.2 Å². The smallest absolute Gasteiger partial charge is 0.115 e. The first-order chi connectivity index (χ1) is 7.82. The van der Waals surface area contributed by atoms with Gasteiger partial charge in [0.25, 0.3) is 0 Å². The van der Waals surface area contributed by atoms with Crippen molar-refractivity contribution in [2.24, 2.45) is 5.92 Å². The van der Waals surface area contributed by atoms with Crippen LogP contribution in [-0.2, 0) is 10.3 Å². The molecule has 2 nitrogen and oxygen atoms in total. The molecule has 2 heteroatoms. The van der Waals surface area contributed by atoms with Gasteiger partial charge in [-0.05, 0) is 48.9 Å². The van der Waals surface area contributed by atoms with Gasteiger partial charge in [0, 0.05) is 7.11 Å². The highest BCUT2D eigenvalue weighted by atomic mass is 16.5. The number of rotatable bonds is 4. The molecule has 0 radical (unpaired) electrons. The summed E-state index contributed by atoms with van der Waals surface area (Å²) in [6.45, 7) is 10.6. The highest BCUT2D eigenvalue weighted by Gasteiger charge is 2.34. The third kappa shape index (κ3) is 2.70. The van der Waals surface area contributed by atoms with Crippen LogP contribution in [0, 0.1) is 26.7 Å². The summed E-state index contributed by atoms with van der Waals surface area (Å²) in [5, 5.41) is 10.8. The zero-order valence-electron chi connectivity index (χ0n) is 11.8. The van der Waals surface area contributed by atoms with Gasteiger partial charge < -0.3 is 9.84 Å². The Bertz CT molecular complexity index is 396. The molecule has 0 aromatic heterocycles. The molecule has 1 N–H and O–H groups in total. The summed E-state index contributed by atoms with van der Waals surface area (Å²) in [6.07, 6.45) is 0. The molecule has 0 fully saturated rings. The van der Waals surface area contributed by atoms with Crippen LogP contribution in [0.4, 0.5) is 0 Å². The maximum atomic E-state index is 10.8. The number of aliphatic hydroxyl groups is 1. The molecular weight excluding hydrogens is 212 g/mol. The number of methoxy groups -OCH3 is 1. The molecule has 1 aromatic carbocycles. The van der Waals surface area contributed by atoms with E-state index in [1.165, 1.54) is 11.1 Å². The van der Waals surface area contributed by atoms with Gasteiger partial charge in [-0.3, -0.25) is 0 Å². The molecule has 1 aromatic rings. The minimum absolute atomic E-state index is 0.114. The Morgan fingerprint density at radius 2 is 1.65 bits per heavy atom. The SMILES string of the molecule is COCC(O)(c1cc(C)c(C)cc1C)C(C)C. The summed E-state index contributed by atoms with van der Waals surface area (Å²) >= 11 is 0. The fraction of sp³-hybridized carbons (Fsp3) is 0.600. The Morgan fingerprint density at radius 3 is 2.12 bits per heavy atom. The van der Waals surface area contributed by atoms with Gasteiger partial charge in [-0.2, -0.15) is 0 Å². The lowest BCUT2D eigenvalue weighted by atomic mass is 9.80. The van der Waals surface area contributed by atoms with Gasteiger partial charge >= 0.3 is 0 Å². The zero-order chi connectivity index (χ0) is 13.2. The predicted octanol–water partition coefficient (Wildman–Crippen LogP) is 3.10. The lowest BCUT2D eigenvalue weighted by molar-refractivity contribution is -0.0705. The van der Waals surface area contributed by atoms with E-state index >= 15 is 0 Å². The monoisotopic (exact) mass is 236 g/mol. The van der Waals surface area contributed by atoms with Crippen LogP contribution in [0.25, 0.3) is 0 Å². The van der Waals surface area contributed by atoms with Crippen molar-refractivity contribution in [1.29, 1.82) is 0 Å². The van der Waals surface area contributed by atoms with Crippen molar-refractivity contribution in [1.82, 2.24) is 0 Å². The average Bonchev–Trinajstić information content (AvgIpc) is 2.23. The Balaban J connectivity index is 3.33. The third-order valence-corrected chi connectivity index (χ3v) is 3.63. The van der Waals surface area contributed by atoms with Crippen LogP contribution in [0.5, 0.6) is 0 Å². The van der Waals surface area contributed by atoms with Crippen LogP contribution >= 0.6 is 0 Å². The zero-order valence-corrected chi connectivity index (χ0v) is 11.8. The second-order valence-corrected chi connectivity index (χ2v) is 5.26. The Hall–Kier alpha value is -0.860. The first-order valence-corrected chi connectivity index (χ1v) is 6.12. The molecule has 0 spiro atoms. The first kappa shape index (κ1) is 14.2. The van der Waals surface area contributed by atoms with E-state index in [-0.39, 0.29) is 5.92 Å². The van der Waals surface area contributed by atoms with Gasteiger partial charge in [-0.25, -0.2) is 0 Å². The number of ether oxygens (including phenoxy) is 1. The Kier molecular flexibility index (Phi) is 4.34. The standard InChI is InChI=1S/C15H24O2/c1-10(2)15(16,9-17-6)14-8-12(4)11(3)7-13(14)5/h7-8,10,16H,9H2,1-6H3. The fourth-order valence-electron chi connectivity index (χ4n) is 2.20. The summed E-state index contributed by atoms with van der Waals surface area (Å²) in [5.74, 6) is 0.114. The van der Waals surface area contributed by atoms with E-state index in [9.17, 15) is 5.11 Å². The largest absolute Gasteiger partial charge is 0.382 e. The molecule has 0 aliphatic heterocycles. The van der Waals surface area contributed by atoms with Gasteiger partial charge in [0.15, 0.2) is 0 Å². The number of hydrogen-bond donors (Lipinski definition) is 1. The summed E-state index contributed by atoms with van der Waals surface area (Å²) in [4.78, 5) is 0. The van der Waals surface area contributed by atoms with Crippen molar-refractivity contribution >= 4 is 0 Å². The van der Waals surface area contributed by atoms with Gasteiger partial charge in [0.2, 0.25) is 0 Å². The van der Waals surface area contributed by atoms with E-state index in [4.69, 9.17) is 4.74 Å². The maximum absolute atomic E-state index is 10.8. The van der Waals surface area contributed by atoms with Crippen molar-refractivity contribution in [3.63, 3.8) is 0 Å². The lowest BCUT2D eigenvalue weighted by Crippen LogP contribution is -2.37. The van der Waals surface area contributed by atoms with E-state index < -0.39 is 5.60 Å². The van der Waals surface area contributed by atoms with Crippen molar-refractivity contribution in [2.75, 3.05) is 13.7 Å². The van der Waals surface area contributed by atoms with Crippen LogP contribution in [0.15, 0.2) is 12.1 Å². The fourth-order valence-corrected chi connectivity index (χ4v) is 2.20. The first-order valence-electron chi connectivity index (χ1n) is 6.12. The van der Waals surface area contributed by atoms with Gasteiger partial charge in [0.05, 0.1) is 6.61 Å². The van der Waals surface area contributed by atoms with Crippen LogP contribution < -0.4 is 0 Å². The second-order valence-electron chi connectivity index (χ2n) is 5.26. The average molecular weight is 236 g/mol. The molecule has 0 heterocycles. The van der Waals surface area contributed by atoms with Crippen LogP contribution in [0.3, 0.4) is 0 Å². The topological polar surface area (TPSA) is 29.5 Å². The molecule has 0 aliphatic rings. The molecule has 0 aliphatic carbocycles. The van der Waals surface area contributed by atoms with Crippen LogP contribution in [0.1, 0.15) is 36.1 Å². The number of hydrogen-bond acceptors (Lipinski definition) is 2. The molecule has 0 amide bonds. The molecule has 1 rings (SSSR count). The van der Waals surface area contributed by atoms with E-state index in [1.54, 1.807) is 7.11 Å². The maximum Gasteiger partial charge on any atom is 0.115 e. The third-order valence-electron chi connectivity index (χ3n) is 3.63. The van der Waals surface area contributed by atoms with Crippen LogP contribution in [0.2, 0.25) is 0 Å². The van der Waals surface area contributed by atoms with Gasteiger partial charge in [-0.1, -0.05) is 26.0 Å². The summed E-state index contributed by atoms with van der Waals surface area (Å²) in [5.41, 5.74) is 3.67. The molecule has 96 valence electrons. The Morgan fingerprint density at radius 1 is 1.12 bits per heavy atom. The molecule has 0 bridgehead atoms. The number of benzene rings is 1. The second kappa shape index (κ2) is 5.19. The van der Waals surface area contributed by atoms with Crippen molar-refractivity contribution in [3.8, 4) is 0 Å². The van der Waals surface area contributed by atoms with Gasteiger partial charge in [0.1, 0.15) is 5.60 Å². The summed E-state index contributed by atoms with van der Waals surface area (Å²) in [7, 11) is 1.63. The van der Waals surface area contributed by atoms with Crippen LogP contribution in [-0.4, -0.2) is 18.8 Å². The normalized spacial score (nSPS) is 15.1. The summed E-state index contributed by atoms with van der Waals surface area (Å²) in [6, 6.07) is 4.22. The van der Waals surface area contributed by atoms with E-state index in [2.05, 4.69) is 26.0 Å². The minimum atomic E-state index is -0.905. The molecule has 0 saturated heterocycles. The quantitative estimate of drug-likeness (QED) is 0.870. The molecule has 0 saturated carbocycles. The molecule has 1 unspecified atom stereocenters. The number of aryl methyl sites for hydroxylation is 3. The summed E-state index contributed by atoms with van der Waals surface area (Å²) < 4.78 is 5.20. The van der Waals surface area contributed by atoms with Gasteiger partial charge in [-0.15, -0.1) is 0 Å². The van der Waals surface area contributed by atoms with Crippen molar-refractivity contribution < 1.29 is 9.84 Å². The lowest BCUT2D eigenvalue weighted by Gasteiger charge is -2.34. The van der Waals surface area contributed by atoms with E-state index in [0.29, 0.717) is 6.61 Å². The highest BCUT2D eigenvalue weighted by Crippen LogP contribution is 2.33. The minimum Gasteiger partial charge on any atom is -0.382 e. The van der Waals surface area contributed by atoms with E-state index in [0.717, 1.165) is 11.1 Å². The molecule has 1 atom stereocenters. The predicted molar refractivity (Wildman–Crippen MR) is 71.3 cm³/mol. The molecule has 17 heavy (non-hydrogen) atoms.